The van der Waals surface area contributed by atoms with Crippen LogP contribution < -0.4 is 5.32 Å². The van der Waals surface area contributed by atoms with Crippen LogP contribution in [-0.2, 0) is 12.8 Å². The van der Waals surface area contributed by atoms with Gasteiger partial charge in [-0.05, 0) is 35.6 Å². The zero-order valence-electron chi connectivity index (χ0n) is 11.0. The van der Waals surface area contributed by atoms with Crippen molar-refractivity contribution in [2.75, 3.05) is 26.2 Å². The monoisotopic (exact) mass is 248 g/mol. The van der Waals surface area contributed by atoms with Gasteiger partial charge in [0.25, 0.3) is 0 Å². The molecule has 1 aromatic carbocycles. The maximum atomic E-state index is 14.1. The fraction of sp³-hybridized carbons (Fsp3) is 0.600. The van der Waals surface area contributed by atoms with E-state index in [1.54, 1.807) is 6.07 Å². The van der Waals surface area contributed by atoms with Crippen LogP contribution in [0.3, 0.4) is 0 Å². The number of hydrogen-bond acceptors (Lipinski definition) is 2. The lowest BCUT2D eigenvalue weighted by atomic mass is 9.89. The van der Waals surface area contributed by atoms with Gasteiger partial charge in [0.15, 0.2) is 0 Å². The van der Waals surface area contributed by atoms with Crippen LogP contribution in [0.1, 0.15) is 36.1 Å². The second-order valence-corrected chi connectivity index (χ2v) is 5.40. The average Bonchev–Trinajstić information content (AvgIpc) is 2.40. The summed E-state index contributed by atoms with van der Waals surface area (Å²) in [6, 6.07) is 4.29. The van der Waals surface area contributed by atoms with Gasteiger partial charge in [-0.3, -0.25) is 4.90 Å². The lowest BCUT2D eigenvalue weighted by molar-refractivity contribution is 0.151. The molecule has 3 rings (SSSR count). The van der Waals surface area contributed by atoms with Gasteiger partial charge in [-0.15, -0.1) is 0 Å². The molecular weight excluding hydrogens is 227 g/mol. The van der Waals surface area contributed by atoms with Crippen molar-refractivity contribution in [1.82, 2.24) is 10.2 Å². The van der Waals surface area contributed by atoms with Crippen LogP contribution in [0.4, 0.5) is 4.39 Å². The van der Waals surface area contributed by atoms with E-state index in [0.717, 1.165) is 51.0 Å². The topological polar surface area (TPSA) is 15.3 Å². The molecule has 3 heteroatoms. The van der Waals surface area contributed by atoms with Gasteiger partial charge in [-0.25, -0.2) is 4.39 Å². The molecule has 0 radical (unpaired) electrons. The molecule has 0 spiro atoms. The molecule has 2 nitrogen and oxygen atoms in total. The predicted molar refractivity (Wildman–Crippen MR) is 71.3 cm³/mol. The number of piperazine rings is 1. The fourth-order valence-corrected chi connectivity index (χ4v) is 3.26. The van der Waals surface area contributed by atoms with E-state index >= 15 is 0 Å². The van der Waals surface area contributed by atoms with Crippen LogP contribution in [0.2, 0.25) is 0 Å². The van der Waals surface area contributed by atoms with Gasteiger partial charge >= 0.3 is 0 Å². The zero-order valence-corrected chi connectivity index (χ0v) is 11.0. The molecule has 0 aliphatic carbocycles. The van der Waals surface area contributed by atoms with Crippen LogP contribution >= 0.6 is 0 Å². The summed E-state index contributed by atoms with van der Waals surface area (Å²) in [6.07, 6.45) is 2.93. The Morgan fingerprint density at radius 1 is 1.39 bits per heavy atom. The first-order valence-corrected chi connectivity index (χ1v) is 7.05. The number of rotatable bonds is 2. The number of nitrogens with zero attached hydrogens (tertiary/aromatic N) is 1. The van der Waals surface area contributed by atoms with E-state index in [0.29, 0.717) is 6.04 Å². The Balaban J connectivity index is 1.96. The molecule has 0 saturated carbocycles. The number of aryl methyl sites for hydroxylation is 1. The Bertz CT molecular complexity index is 444. The number of benzene rings is 1. The van der Waals surface area contributed by atoms with Crippen molar-refractivity contribution in [3.8, 4) is 0 Å². The van der Waals surface area contributed by atoms with Crippen molar-refractivity contribution in [3.05, 3.63) is 34.6 Å². The van der Waals surface area contributed by atoms with Crippen LogP contribution in [0.25, 0.3) is 0 Å². The third-order valence-electron chi connectivity index (χ3n) is 4.21. The van der Waals surface area contributed by atoms with Gasteiger partial charge in [0, 0.05) is 32.2 Å². The molecule has 1 N–H and O–H groups in total. The smallest absolute Gasteiger partial charge is 0.126 e. The Labute approximate surface area is 108 Å². The normalized spacial score (nSPS) is 23.6. The Morgan fingerprint density at radius 3 is 3.11 bits per heavy atom. The minimum atomic E-state index is -0.0111. The first-order chi connectivity index (χ1) is 8.79. The van der Waals surface area contributed by atoms with Crippen LogP contribution in [0.15, 0.2) is 12.1 Å². The Kier molecular flexibility index (Phi) is 3.35. The molecule has 1 fully saturated rings. The highest BCUT2D eigenvalue weighted by molar-refractivity contribution is 5.38. The summed E-state index contributed by atoms with van der Waals surface area (Å²) in [5.41, 5.74) is 3.48. The average molecular weight is 248 g/mol. The highest BCUT2D eigenvalue weighted by Gasteiger charge is 2.30. The van der Waals surface area contributed by atoms with Gasteiger partial charge in [0.2, 0.25) is 0 Å². The molecule has 1 unspecified atom stereocenters. The van der Waals surface area contributed by atoms with Crippen molar-refractivity contribution >= 4 is 0 Å². The molecule has 18 heavy (non-hydrogen) atoms. The molecule has 0 amide bonds. The molecule has 98 valence electrons. The number of halogens is 1. The van der Waals surface area contributed by atoms with E-state index in [4.69, 9.17) is 0 Å². The van der Waals surface area contributed by atoms with Crippen LogP contribution in [-0.4, -0.2) is 31.1 Å². The van der Waals surface area contributed by atoms with Gasteiger partial charge in [0.05, 0.1) is 0 Å². The third kappa shape index (κ3) is 2.06. The maximum absolute atomic E-state index is 14.1. The van der Waals surface area contributed by atoms with Crippen molar-refractivity contribution < 1.29 is 4.39 Å². The van der Waals surface area contributed by atoms with Crippen LogP contribution in [0.5, 0.6) is 0 Å². The summed E-state index contributed by atoms with van der Waals surface area (Å²) >= 11 is 0. The second-order valence-electron chi connectivity index (χ2n) is 5.40. The zero-order chi connectivity index (χ0) is 12.5. The number of hydrogen-bond donors (Lipinski definition) is 1. The van der Waals surface area contributed by atoms with Gasteiger partial charge in [-0.2, -0.15) is 0 Å². The van der Waals surface area contributed by atoms with Gasteiger partial charge < -0.3 is 5.32 Å². The number of fused-ring (bicyclic) bond motifs is 3. The van der Waals surface area contributed by atoms with Crippen LogP contribution in [0, 0.1) is 5.82 Å². The molecular formula is C15H21FN2. The minimum Gasteiger partial charge on any atom is -0.314 e. The molecule has 2 heterocycles. The summed E-state index contributed by atoms with van der Waals surface area (Å²) < 4.78 is 14.1. The summed E-state index contributed by atoms with van der Waals surface area (Å²) in [7, 11) is 0. The summed E-state index contributed by atoms with van der Waals surface area (Å²) in [5, 5.41) is 3.42. The molecule has 0 aromatic heterocycles. The maximum Gasteiger partial charge on any atom is 0.126 e. The Hall–Kier alpha value is -0.930. The lowest BCUT2D eigenvalue weighted by Gasteiger charge is -2.41. The highest BCUT2D eigenvalue weighted by atomic mass is 19.1. The fourth-order valence-electron chi connectivity index (χ4n) is 3.26. The van der Waals surface area contributed by atoms with Crippen molar-refractivity contribution in [1.29, 1.82) is 0 Å². The quantitative estimate of drug-likeness (QED) is 0.864. The summed E-state index contributed by atoms with van der Waals surface area (Å²) in [6.45, 7) is 6.33. The molecule has 2 aliphatic heterocycles. The van der Waals surface area contributed by atoms with E-state index in [1.165, 1.54) is 11.1 Å². The Morgan fingerprint density at radius 2 is 2.28 bits per heavy atom. The standard InChI is InChI=1S/C15H21FN2/c1-2-3-12-8-11-4-6-18-7-5-17-10-15(18)13(11)9-14(12)16/h8-9,15,17H,2-7,10H2,1H3. The first-order valence-electron chi connectivity index (χ1n) is 7.05. The largest absolute Gasteiger partial charge is 0.314 e. The molecule has 1 aromatic rings. The minimum absolute atomic E-state index is 0.0111. The predicted octanol–water partition coefficient (Wildman–Crippen LogP) is 2.28. The van der Waals surface area contributed by atoms with E-state index in [9.17, 15) is 4.39 Å². The SMILES string of the molecule is CCCc1cc2c(cc1F)C1CNCCN1CC2. The lowest BCUT2D eigenvalue weighted by Crippen LogP contribution is -2.48. The second kappa shape index (κ2) is 4.98. The van der Waals surface area contributed by atoms with Gasteiger partial charge in [0.1, 0.15) is 5.82 Å². The summed E-state index contributed by atoms with van der Waals surface area (Å²) in [4.78, 5) is 2.48. The molecule has 1 atom stereocenters. The van der Waals surface area contributed by atoms with Crippen molar-refractivity contribution in [2.24, 2.45) is 0 Å². The first kappa shape index (κ1) is 12.1. The van der Waals surface area contributed by atoms with Crippen molar-refractivity contribution in [3.63, 3.8) is 0 Å². The molecule has 0 bridgehead atoms. The third-order valence-corrected chi connectivity index (χ3v) is 4.21. The highest BCUT2D eigenvalue weighted by Crippen LogP contribution is 2.32. The van der Waals surface area contributed by atoms with Gasteiger partial charge in [-0.1, -0.05) is 19.4 Å². The van der Waals surface area contributed by atoms with E-state index in [1.807, 2.05) is 0 Å². The van der Waals surface area contributed by atoms with E-state index in [-0.39, 0.29) is 5.82 Å². The summed E-state index contributed by atoms with van der Waals surface area (Å²) in [5.74, 6) is -0.0111. The molecule has 1 saturated heterocycles. The number of nitrogens with one attached hydrogen (secondary N) is 1. The van der Waals surface area contributed by atoms with E-state index in [2.05, 4.69) is 23.2 Å². The molecule has 2 aliphatic rings. The van der Waals surface area contributed by atoms with E-state index < -0.39 is 0 Å². The van der Waals surface area contributed by atoms with Crippen molar-refractivity contribution in [2.45, 2.75) is 32.2 Å².